The number of benzene rings is 1. The summed E-state index contributed by atoms with van der Waals surface area (Å²) in [7, 11) is 0. The molecule has 1 aromatic carbocycles. The molecular formula is C14H13BrFNO4. The summed E-state index contributed by atoms with van der Waals surface area (Å²) in [6.45, 7) is 3.19. The number of hydrogen-bond acceptors (Lipinski definition) is 4. The van der Waals surface area contributed by atoms with Crippen LogP contribution in [0.1, 0.15) is 13.8 Å². The van der Waals surface area contributed by atoms with Crippen LogP contribution < -0.4 is 4.90 Å². The van der Waals surface area contributed by atoms with E-state index in [0.29, 0.717) is 0 Å². The number of esters is 1. The minimum atomic E-state index is -1.51. The Morgan fingerprint density at radius 1 is 1.38 bits per heavy atom. The van der Waals surface area contributed by atoms with Crippen LogP contribution in [0.25, 0.3) is 0 Å². The van der Waals surface area contributed by atoms with Crippen molar-refractivity contribution in [3.05, 3.63) is 30.1 Å². The molecule has 0 unspecified atom stereocenters. The molecule has 1 fully saturated rings. The van der Waals surface area contributed by atoms with Gasteiger partial charge in [-0.1, -0.05) is 15.9 Å². The molecule has 0 N–H and O–H groups in total. The summed E-state index contributed by atoms with van der Waals surface area (Å²) in [5.74, 6) is -2.76. The molecule has 0 spiro atoms. The Bertz CT molecular complexity index is 603. The van der Waals surface area contributed by atoms with Gasteiger partial charge in [-0.05, 0) is 38.1 Å². The van der Waals surface area contributed by atoms with Crippen molar-refractivity contribution >= 4 is 39.3 Å². The lowest BCUT2D eigenvalue weighted by molar-refractivity contribution is -0.149. The van der Waals surface area contributed by atoms with Crippen LogP contribution in [0.3, 0.4) is 0 Å². The summed E-state index contributed by atoms with van der Waals surface area (Å²) in [5.41, 5.74) is -1.26. The molecule has 2 rings (SSSR count). The van der Waals surface area contributed by atoms with Crippen molar-refractivity contribution < 1.29 is 23.5 Å². The van der Waals surface area contributed by atoms with E-state index in [4.69, 9.17) is 4.74 Å². The molecule has 112 valence electrons. The number of ketones is 1. The quantitative estimate of drug-likeness (QED) is 0.470. The standard InChI is InChI=1S/C14H13BrFNO4/c1-3-21-13(20)14(2)11(15)10(18)12(19)17(14)9-6-4-8(16)5-7-9/h4-7,11H,3H2,1-2H3/t11-,14+/m0/s1. The fourth-order valence-corrected chi connectivity index (χ4v) is 2.83. The zero-order valence-corrected chi connectivity index (χ0v) is 13.0. The number of hydrogen-bond donors (Lipinski definition) is 0. The SMILES string of the molecule is CCOC(=O)[C@@]1(C)[C@@H](Br)C(=O)C(=O)N1c1ccc(F)cc1. The average molecular weight is 358 g/mol. The van der Waals surface area contributed by atoms with Gasteiger partial charge in [0, 0.05) is 5.69 Å². The Labute approximate surface area is 129 Å². The number of rotatable bonds is 3. The predicted octanol–water partition coefficient (Wildman–Crippen LogP) is 1.83. The zero-order chi connectivity index (χ0) is 15.8. The highest BCUT2D eigenvalue weighted by atomic mass is 79.9. The molecule has 1 aliphatic rings. The first-order valence-corrected chi connectivity index (χ1v) is 7.20. The summed E-state index contributed by atoms with van der Waals surface area (Å²) < 4.78 is 18.0. The van der Waals surface area contributed by atoms with Crippen LogP contribution in [0.15, 0.2) is 24.3 Å². The predicted molar refractivity (Wildman–Crippen MR) is 76.6 cm³/mol. The second-order valence-corrected chi connectivity index (χ2v) is 5.63. The van der Waals surface area contributed by atoms with Gasteiger partial charge in [0.15, 0.2) is 5.54 Å². The monoisotopic (exact) mass is 357 g/mol. The first-order chi connectivity index (χ1) is 9.83. The molecule has 0 aliphatic carbocycles. The Kier molecular flexibility index (Phi) is 4.13. The second-order valence-electron chi connectivity index (χ2n) is 4.71. The first kappa shape index (κ1) is 15.6. The largest absolute Gasteiger partial charge is 0.464 e. The number of halogens is 2. The van der Waals surface area contributed by atoms with E-state index in [1.54, 1.807) is 6.92 Å². The number of alkyl halides is 1. The summed E-state index contributed by atoms with van der Waals surface area (Å²) in [5, 5.41) is 0. The molecule has 0 radical (unpaired) electrons. The van der Waals surface area contributed by atoms with Crippen LogP contribution in [0, 0.1) is 5.82 Å². The molecule has 1 aliphatic heterocycles. The molecule has 2 atom stereocenters. The van der Waals surface area contributed by atoms with Crippen LogP contribution in [0.4, 0.5) is 10.1 Å². The Morgan fingerprint density at radius 3 is 2.48 bits per heavy atom. The first-order valence-electron chi connectivity index (χ1n) is 6.29. The van der Waals surface area contributed by atoms with E-state index >= 15 is 0 Å². The van der Waals surface area contributed by atoms with E-state index in [9.17, 15) is 18.8 Å². The molecule has 0 aromatic heterocycles. The molecule has 5 nitrogen and oxygen atoms in total. The van der Waals surface area contributed by atoms with E-state index < -0.39 is 33.8 Å². The van der Waals surface area contributed by atoms with Crippen molar-refractivity contribution in [2.45, 2.75) is 24.2 Å². The summed E-state index contributed by atoms with van der Waals surface area (Å²) in [4.78, 5) is 36.4. The molecular weight excluding hydrogens is 345 g/mol. The van der Waals surface area contributed by atoms with Gasteiger partial charge in [-0.3, -0.25) is 14.5 Å². The maximum atomic E-state index is 13.0. The lowest BCUT2D eigenvalue weighted by atomic mass is 9.98. The zero-order valence-electron chi connectivity index (χ0n) is 11.4. The van der Waals surface area contributed by atoms with E-state index in [1.807, 2.05) is 0 Å². The van der Waals surface area contributed by atoms with E-state index in [-0.39, 0.29) is 12.3 Å². The highest BCUT2D eigenvalue weighted by molar-refractivity contribution is 9.10. The topological polar surface area (TPSA) is 63.7 Å². The van der Waals surface area contributed by atoms with E-state index in [1.165, 1.54) is 19.1 Å². The minimum absolute atomic E-state index is 0.119. The van der Waals surface area contributed by atoms with Gasteiger partial charge in [0.25, 0.3) is 5.91 Å². The van der Waals surface area contributed by atoms with Crippen LogP contribution in [-0.2, 0) is 19.1 Å². The van der Waals surface area contributed by atoms with Gasteiger partial charge in [-0.25, -0.2) is 9.18 Å². The van der Waals surface area contributed by atoms with E-state index in [2.05, 4.69) is 15.9 Å². The highest BCUT2D eigenvalue weighted by Crippen LogP contribution is 2.38. The lowest BCUT2D eigenvalue weighted by Crippen LogP contribution is -2.55. The number of amides is 1. The second kappa shape index (κ2) is 5.55. The third-order valence-electron chi connectivity index (χ3n) is 3.38. The molecule has 1 heterocycles. The van der Waals surface area contributed by atoms with Crippen molar-refractivity contribution in [2.75, 3.05) is 11.5 Å². The number of nitrogens with zero attached hydrogens (tertiary/aromatic N) is 1. The van der Waals surface area contributed by atoms with Gasteiger partial charge in [-0.2, -0.15) is 0 Å². The van der Waals surface area contributed by atoms with Gasteiger partial charge >= 0.3 is 5.97 Å². The molecule has 0 saturated carbocycles. The number of anilines is 1. The normalized spacial score (nSPS) is 25.3. The number of carbonyl (C=O) groups excluding carboxylic acids is 3. The smallest absolute Gasteiger partial charge is 0.333 e. The number of carbonyl (C=O) groups is 3. The third kappa shape index (κ3) is 2.35. The number of Topliss-reactive ketones (excluding diaryl/α,β-unsaturated/α-hetero) is 1. The van der Waals surface area contributed by atoms with Crippen molar-refractivity contribution in [3.63, 3.8) is 0 Å². The molecule has 0 bridgehead atoms. The molecule has 21 heavy (non-hydrogen) atoms. The maximum Gasteiger partial charge on any atom is 0.333 e. The molecule has 7 heteroatoms. The van der Waals surface area contributed by atoms with Crippen molar-refractivity contribution in [2.24, 2.45) is 0 Å². The van der Waals surface area contributed by atoms with Crippen molar-refractivity contribution in [1.29, 1.82) is 0 Å². The number of ether oxygens (including phenoxy) is 1. The van der Waals surface area contributed by atoms with Gasteiger partial charge in [0.2, 0.25) is 5.78 Å². The minimum Gasteiger partial charge on any atom is -0.464 e. The highest BCUT2D eigenvalue weighted by Gasteiger charge is 2.60. The van der Waals surface area contributed by atoms with Gasteiger partial charge in [0.1, 0.15) is 10.6 Å². The van der Waals surface area contributed by atoms with Crippen LogP contribution in [-0.4, -0.2) is 34.6 Å². The molecule has 1 aromatic rings. The fraction of sp³-hybridized carbons (Fsp3) is 0.357. The average Bonchev–Trinajstić information content (AvgIpc) is 2.63. The maximum absolute atomic E-state index is 13.0. The van der Waals surface area contributed by atoms with Crippen LogP contribution in [0.2, 0.25) is 0 Å². The van der Waals surface area contributed by atoms with E-state index in [0.717, 1.165) is 17.0 Å². The summed E-state index contributed by atoms with van der Waals surface area (Å²) in [6, 6.07) is 4.98. The van der Waals surface area contributed by atoms with Gasteiger partial charge < -0.3 is 4.74 Å². The lowest BCUT2D eigenvalue weighted by Gasteiger charge is -2.33. The summed E-state index contributed by atoms with van der Waals surface area (Å²) >= 11 is 3.10. The van der Waals surface area contributed by atoms with Crippen LogP contribution in [0.5, 0.6) is 0 Å². The Hall–Kier alpha value is -1.76. The van der Waals surface area contributed by atoms with Crippen molar-refractivity contribution in [1.82, 2.24) is 0 Å². The molecule has 1 saturated heterocycles. The third-order valence-corrected chi connectivity index (χ3v) is 4.68. The fourth-order valence-electron chi connectivity index (χ4n) is 2.25. The van der Waals surface area contributed by atoms with Crippen LogP contribution >= 0.6 is 15.9 Å². The summed E-state index contributed by atoms with van der Waals surface area (Å²) in [6.07, 6.45) is 0. The Morgan fingerprint density at radius 2 is 1.95 bits per heavy atom. The Balaban J connectivity index is 2.53. The molecule has 1 amide bonds. The van der Waals surface area contributed by atoms with Gasteiger partial charge in [-0.15, -0.1) is 0 Å². The van der Waals surface area contributed by atoms with Crippen molar-refractivity contribution in [3.8, 4) is 0 Å². The van der Waals surface area contributed by atoms with Gasteiger partial charge in [0.05, 0.1) is 6.61 Å².